The minimum atomic E-state index is -0.281. The average molecular weight is 321 g/mol. The Balaban J connectivity index is 1.51. The van der Waals surface area contributed by atoms with Crippen molar-refractivity contribution < 1.29 is 13.6 Å². The van der Waals surface area contributed by atoms with Gasteiger partial charge < -0.3 is 14.2 Å². The van der Waals surface area contributed by atoms with Gasteiger partial charge >= 0.3 is 0 Å². The van der Waals surface area contributed by atoms with Crippen LogP contribution in [0, 0.1) is 0 Å². The zero-order valence-corrected chi connectivity index (χ0v) is 12.9. The van der Waals surface area contributed by atoms with Crippen LogP contribution in [-0.2, 0) is 0 Å². The van der Waals surface area contributed by atoms with Crippen LogP contribution in [0.2, 0.25) is 0 Å². The van der Waals surface area contributed by atoms with Crippen molar-refractivity contribution >= 4 is 16.9 Å². The highest BCUT2D eigenvalue weighted by atomic mass is 16.3. The summed E-state index contributed by atoms with van der Waals surface area (Å²) >= 11 is 0. The van der Waals surface area contributed by atoms with Crippen molar-refractivity contribution in [3.8, 4) is 11.5 Å². The molecule has 120 valence electrons. The number of benzene rings is 1. The summed E-state index contributed by atoms with van der Waals surface area (Å²) in [4.78, 5) is 12.4. The number of hydrogen-bond acceptors (Lipinski definition) is 4. The third-order valence-electron chi connectivity index (χ3n) is 3.82. The maximum atomic E-state index is 12.4. The highest BCUT2D eigenvalue weighted by Gasteiger charge is 2.18. The third-order valence-corrected chi connectivity index (χ3v) is 3.82. The number of nitrogens with zero attached hydrogens (tertiary/aromatic N) is 1. The zero-order valence-electron chi connectivity index (χ0n) is 12.9. The first-order valence-corrected chi connectivity index (χ1v) is 7.59. The highest BCUT2D eigenvalue weighted by molar-refractivity contribution is 5.93. The Bertz CT molecular complexity index is 949. The van der Waals surface area contributed by atoms with Crippen LogP contribution in [0.15, 0.2) is 63.6 Å². The number of hydrogen-bond donors (Lipinski definition) is 2. The van der Waals surface area contributed by atoms with Crippen LogP contribution in [0.1, 0.15) is 29.2 Å². The van der Waals surface area contributed by atoms with Gasteiger partial charge in [-0.15, -0.1) is 0 Å². The largest absolute Gasteiger partial charge is 0.463 e. The molecule has 0 saturated carbocycles. The van der Waals surface area contributed by atoms with Gasteiger partial charge in [-0.25, -0.2) is 0 Å². The van der Waals surface area contributed by atoms with Gasteiger partial charge in [-0.2, -0.15) is 5.10 Å². The van der Waals surface area contributed by atoms with Gasteiger partial charge in [0.25, 0.3) is 5.91 Å². The molecule has 0 bridgehead atoms. The highest BCUT2D eigenvalue weighted by Crippen LogP contribution is 2.24. The fraction of sp³-hybridized carbons (Fsp3) is 0.111. The molecule has 0 radical (unpaired) electrons. The number of aromatic amines is 1. The Morgan fingerprint density at radius 2 is 2.08 bits per heavy atom. The van der Waals surface area contributed by atoms with Crippen molar-refractivity contribution in [1.82, 2.24) is 15.5 Å². The normalized spacial score (nSPS) is 12.4. The van der Waals surface area contributed by atoms with E-state index in [0.717, 1.165) is 11.0 Å². The van der Waals surface area contributed by atoms with Crippen molar-refractivity contribution in [2.75, 3.05) is 0 Å². The standard InChI is InChI=1S/C18H15N3O3/c1-11(17-9-12-5-2-3-6-15(12)24-17)19-18(22)14-10-13(20-21-14)16-7-4-8-23-16/h2-11H,1H3,(H,19,22)(H,20,21)/t11-/m0/s1. The third kappa shape index (κ3) is 2.58. The van der Waals surface area contributed by atoms with Gasteiger partial charge in [0.2, 0.25) is 0 Å². The van der Waals surface area contributed by atoms with E-state index in [-0.39, 0.29) is 11.9 Å². The Morgan fingerprint density at radius 3 is 2.88 bits per heavy atom. The van der Waals surface area contributed by atoms with Gasteiger partial charge in [0.15, 0.2) is 11.5 Å². The lowest BCUT2D eigenvalue weighted by atomic mass is 10.2. The van der Waals surface area contributed by atoms with E-state index >= 15 is 0 Å². The summed E-state index contributed by atoms with van der Waals surface area (Å²) in [6, 6.07) is 14.6. The summed E-state index contributed by atoms with van der Waals surface area (Å²) in [6.45, 7) is 1.87. The maximum Gasteiger partial charge on any atom is 0.272 e. The summed E-state index contributed by atoms with van der Waals surface area (Å²) in [5.74, 6) is 1.05. The molecule has 24 heavy (non-hydrogen) atoms. The lowest BCUT2D eigenvalue weighted by Crippen LogP contribution is -2.26. The van der Waals surface area contributed by atoms with E-state index in [4.69, 9.17) is 8.83 Å². The molecule has 0 aliphatic carbocycles. The molecular weight excluding hydrogens is 306 g/mol. The van der Waals surface area contributed by atoms with E-state index in [9.17, 15) is 4.79 Å². The molecule has 6 heteroatoms. The summed E-state index contributed by atoms with van der Waals surface area (Å²) in [6.07, 6.45) is 1.57. The second-order valence-corrected chi connectivity index (χ2v) is 5.53. The molecule has 0 unspecified atom stereocenters. The minimum Gasteiger partial charge on any atom is -0.463 e. The Morgan fingerprint density at radius 1 is 1.21 bits per heavy atom. The molecule has 0 aliphatic heterocycles. The molecule has 1 amide bonds. The fourth-order valence-electron chi connectivity index (χ4n) is 2.55. The Hall–Kier alpha value is -3.28. The van der Waals surface area contributed by atoms with Gasteiger partial charge in [-0.3, -0.25) is 9.89 Å². The molecule has 0 aliphatic rings. The molecule has 6 nitrogen and oxygen atoms in total. The van der Waals surface area contributed by atoms with Crippen LogP contribution in [-0.4, -0.2) is 16.1 Å². The van der Waals surface area contributed by atoms with Gasteiger partial charge in [0, 0.05) is 11.5 Å². The van der Waals surface area contributed by atoms with E-state index in [1.165, 1.54) is 0 Å². The second kappa shape index (κ2) is 5.73. The molecule has 4 aromatic rings. The minimum absolute atomic E-state index is 0.270. The van der Waals surface area contributed by atoms with Gasteiger partial charge in [-0.05, 0) is 31.2 Å². The molecule has 3 heterocycles. The number of furan rings is 2. The van der Waals surface area contributed by atoms with Crippen LogP contribution in [0.25, 0.3) is 22.4 Å². The van der Waals surface area contributed by atoms with Crippen molar-refractivity contribution in [2.45, 2.75) is 13.0 Å². The topological polar surface area (TPSA) is 84.1 Å². The SMILES string of the molecule is C[C@H](NC(=O)c1cc(-c2ccco2)[nH]n1)c1cc2ccccc2o1. The van der Waals surface area contributed by atoms with Crippen LogP contribution in [0.5, 0.6) is 0 Å². The number of carbonyl (C=O) groups excluding carboxylic acids is 1. The number of fused-ring (bicyclic) bond motifs is 1. The zero-order chi connectivity index (χ0) is 16.5. The number of H-pyrrole nitrogens is 1. The monoisotopic (exact) mass is 321 g/mol. The fourth-order valence-corrected chi connectivity index (χ4v) is 2.55. The number of aromatic nitrogens is 2. The van der Waals surface area contributed by atoms with E-state index in [1.54, 1.807) is 24.5 Å². The van der Waals surface area contributed by atoms with Crippen molar-refractivity contribution in [2.24, 2.45) is 0 Å². The smallest absolute Gasteiger partial charge is 0.272 e. The Kier molecular flexibility index (Phi) is 3.42. The van der Waals surface area contributed by atoms with Crippen molar-refractivity contribution in [3.05, 3.63) is 66.2 Å². The molecule has 1 atom stereocenters. The number of para-hydroxylation sites is 1. The molecular formula is C18H15N3O3. The first kappa shape index (κ1) is 14.3. The van der Waals surface area contributed by atoms with Gasteiger partial charge in [0.1, 0.15) is 17.0 Å². The van der Waals surface area contributed by atoms with E-state index < -0.39 is 0 Å². The predicted molar refractivity (Wildman–Crippen MR) is 88.4 cm³/mol. The van der Waals surface area contributed by atoms with Crippen LogP contribution in [0.3, 0.4) is 0 Å². The number of carbonyl (C=O) groups is 1. The predicted octanol–water partition coefficient (Wildman–Crippen LogP) is 3.91. The quantitative estimate of drug-likeness (QED) is 0.597. The van der Waals surface area contributed by atoms with E-state index in [0.29, 0.717) is 22.9 Å². The van der Waals surface area contributed by atoms with E-state index in [2.05, 4.69) is 15.5 Å². The van der Waals surface area contributed by atoms with E-state index in [1.807, 2.05) is 37.3 Å². The van der Waals surface area contributed by atoms with Gasteiger partial charge in [-0.1, -0.05) is 18.2 Å². The van der Waals surface area contributed by atoms with Crippen molar-refractivity contribution in [3.63, 3.8) is 0 Å². The summed E-state index contributed by atoms with van der Waals surface area (Å²) in [5, 5.41) is 10.7. The average Bonchev–Trinajstić information content (AvgIpc) is 3.32. The van der Waals surface area contributed by atoms with Crippen LogP contribution < -0.4 is 5.32 Å². The number of amides is 1. The number of nitrogens with one attached hydrogen (secondary N) is 2. The summed E-state index contributed by atoms with van der Waals surface area (Å²) in [5.41, 5.74) is 1.75. The van der Waals surface area contributed by atoms with Crippen LogP contribution >= 0.6 is 0 Å². The molecule has 3 aromatic heterocycles. The lowest BCUT2D eigenvalue weighted by molar-refractivity contribution is 0.0930. The summed E-state index contributed by atoms with van der Waals surface area (Å²) < 4.78 is 11.1. The molecule has 0 spiro atoms. The van der Waals surface area contributed by atoms with Crippen LogP contribution in [0.4, 0.5) is 0 Å². The molecule has 0 fully saturated rings. The molecule has 0 saturated heterocycles. The second-order valence-electron chi connectivity index (χ2n) is 5.53. The first-order valence-electron chi connectivity index (χ1n) is 7.59. The van der Waals surface area contributed by atoms with Crippen molar-refractivity contribution in [1.29, 1.82) is 0 Å². The maximum absolute atomic E-state index is 12.4. The number of rotatable bonds is 4. The first-order chi connectivity index (χ1) is 11.7. The summed E-state index contributed by atoms with van der Waals surface area (Å²) in [7, 11) is 0. The molecule has 2 N–H and O–H groups in total. The molecule has 1 aromatic carbocycles. The van der Waals surface area contributed by atoms with Gasteiger partial charge in [0.05, 0.1) is 12.3 Å². The molecule has 4 rings (SSSR count). The Labute approximate surface area is 137 Å². The lowest BCUT2D eigenvalue weighted by Gasteiger charge is -2.09.